The van der Waals surface area contributed by atoms with Crippen LogP contribution in [0.3, 0.4) is 0 Å². The highest BCUT2D eigenvalue weighted by molar-refractivity contribution is 6.31. The lowest BCUT2D eigenvalue weighted by atomic mass is 9.86. The molecule has 17 nitrogen and oxygen atoms in total. The molecule has 3 amide bonds. The van der Waals surface area contributed by atoms with E-state index in [1.165, 1.54) is 36.8 Å². The highest BCUT2D eigenvalue weighted by atomic mass is 35.5. The Bertz CT molecular complexity index is 4150. The van der Waals surface area contributed by atoms with Crippen LogP contribution in [0.25, 0.3) is 28.5 Å². The molecule has 6 bridgehead atoms. The number of pyridine rings is 4. The monoisotopic (exact) mass is 1370 g/mol. The van der Waals surface area contributed by atoms with Crippen LogP contribution in [-0.4, -0.2) is 124 Å². The second kappa shape index (κ2) is 27.7. The molecule has 15 rings (SSSR count). The number of benzene rings is 2. The van der Waals surface area contributed by atoms with Gasteiger partial charge in [0.2, 0.25) is 0 Å². The van der Waals surface area contributed by atoms with Crippen molar-refractivity contribution in [3.05, 3.63) is 219 Å². The number of hydrogen-bond acceptors (Lipinski definition) is 13. The molecule has 13 heterocycles. The van der Waals surface area contributed by atoms with Crippen LogP contribution in [0, 0.1) is 23.6 Å². The molecule has 0 N–H and O–H groups in total. The summed E-state index contributed by atoms with van der Waals surface area (Å²) in [5.74, 6) is 0.218. The normalized spacial score (nSPS) is 22.2. The molecular weight excluding hydrogens is 1310 g/mol. The molecule has 28 heteroatoms. The van der Waals surface area contributed by atoms with Crippen molar-refractivity contribution in [2.24, 2.45) is 17.8 Å². The van der Waals surface area contributed by atoms with E-state index in [1.54, 1.807) is 73.4 Å². The van der Waals surface area contributed by atoms with Gasteiger partial charge < -0.3 is 14.7 Å². The van der Waals surface area contributed by atoms with Crippen molar-refractivity contribution in [1.29, 1.82) is 0 Å². The molecule has 0 radical (unpaired) electrons. The van der Waals surface area contributed by atoms with Gasteiger partial charge in [0.05, 0.1) is 61.6 Å². The van der Waals surface area contributed by atoms with Crippen LogP contribution in [0.15, 0.2) is 153 Å². The number of hydrogen-bond donors (Lipinski definition) is 0. The largest absolute Gasteiger partial charge is 0.417 e. The third-order valence-electron chi connectivity index (χ3n) is 19.3. The molecule has 9 unspecified atom stereocenters. The Morgan fingerprint density at radius 2 is 0.959 bits per heavy atom. The van der Waals surface area contributed by atoms with Gasteiger partial charge in [-0.15, -0.1) is 4.80 Å². The number of nitrogens with zero attached hydrogens (tertiary/aromatic N) is 14. The molecule has 0 aliphatic carbocycles. The van der Waals surface area contributed by atoms with Crippen LogP contribution in [0.2, 0.25) is 10.0 Å². The number of aromatic nitrogens is 11. The van der Waals surface area contributed by atoms with Crippen molar-refractivity contribution in [1.82, 2.24) is 69.6 Å². The van der Waals surface area contributed by atoms with E-state index in [4.69, 9.17) is 23.2 Å². The summed E-state index contributed by atoms with van der Waals surface area (Å²) in [4.78, 5) is 81.1. The highest BCUT2D eigenvalue weighted by Gasteiger charge is 2.52. The van der Waals surface area contributed by atoms with Gasteiger partial charge >= 0.3 is 12.4 Å². The average Bonchev–Trinajstić information content (AvgIpc) is 1.62. The standard InChI is InChI=1S/C24H20ClF3N4O.C23H19ClF3N5O.C22H20F3N5O/c25-19-12-15(24(26,27)28)13-31-20(19)11-14-10-16-6-7-21(14)32(16)23(33)18-5-2-1-4-17(18)22-29-8-3-9-30-22;24-17-11-14(23(25,26)27)12-31-18(17)10-13-9-15-4-5-19(13)32(15)22(33)20-16(3-1-6-28-20)21-29-7-2-8-30-21;23-18-3-1-2-17(20(18)30-27-8-9-28-30)22(31)29-16-6-7-19(29)14(11-16)10-15-5-4-13(12-26-15)21(24)25/h1-5,8-9,12-14,16,21H,6-7,10-11H2;1-3,6-8,11-13,15,19H,4-5,9-10H2;1-5,8-9,12,14,16,19,21H,6-7,10-11H2. The van der Waals surface area contributed by atoms with Crippen molar-refractivity contribution in [2.45, 2.75) is 132 Å². The van der Waals surface area contributed by atoms with Gasteiger partial charge in [-0.25, -0.2) is 33.1 Å². The lowest BCUT2D eigenvalue weighted by Gasteiger charge is -2.25. The first kappa shape index (κ1) is 66.3. The van der Waals surface area contributed by atoms with Crippen molar-refractivity contribution in [3.63, 3.8) is 0 Å². The minimum Gasteiger partial charge on any atom is -0.332 e. The molecule has 6 fully saturated rings. The zero-order valence-electron chi connectivity index (χ0n) is 51.3. The Morgan fingerprint density at radius 1 is 0.485 bits per heavy atom. The fourth-order valence-electron chi connectivity index (χ4n) is 15.1. The number of rotatable bonds is 13. The fraction of sp³-hybridized carbons (Fsp3) is 0.348. The van der Waals surface area contributed by atoms with Gasteiger partial charge in [0.1, 0.15) is 11.4 Å². The van der Waals surface area contributed by atoms with Crippen molar-refractivity contribution in [3.8, 4) is 28.5 Å². The predicted octanol–water partition coefficient (Wildman–Crippen LogP) is 14.3. The number of alkyl halides is 8. The second-order valence-corrected chi connectivity index (χ2v) is 25.7. The summed E-state index contributed by atoms with van der Waals surface area (Å²) in [6.07, 6.45) is 11.3. The molecular formula is C69H59Cl2F9N14O3. The van der Waals surface area contributed by atoms with Gasteiger partial charge in [0, 0.05) is 103 Å². The summed E-state index contributed by atoms with van der Waals surface area (Å²) >= 11 is 12.3. The molecule has 0 spiro atoms. The maximum Gasteiger partial charge on any atom is 0.417 e. The molecule has 6 aliphatic heterocycles. The maximum absolute atomic E-state index is 14.6. The first-order valence-electron chi connectivity index (χ1n) is 31.6. The van der Waals surface area contributed by atoms with E-state index in [2.05, 4.69) is 50.1 Å². The Labute approximate surface area is 559 Å². The van der Waals surface area contributed by atoms with E-state index in [0.717, 1.165) is 92.8 Å². The molecule has 6 saturated heterocycles. The number of carbonyl (C=O) groups excluding carboxylic acids is 3. The second-order valence-electron chi connectivity index (χ2n) is 24.9. The predicted molar refractivity (Wildman–Crippen MR) is 336 cm³/mol. The van der Waals surface area contributed by atoms with E-state index in [-0.39, 0.29) is 98.6 Å². The lowest BCUT2D eigenvalue weighted by molar-refractivity contribution is -0.138. The quantitative estimate of drug-likeness (QED) is 0.0990. The molecule has 2 aromatic carbocycles. The van der Waals surface area contributed by atoms with Crippen LogP contribution in [0.4, 0.5) is 39.5 Å². The molecule has 9 atom stereocenters. The Balaban J connectivity index is 0.000000131. The van der Waals surface area contributed by atoms with Crippen molar-refractivity contribution >= 4 is 40.9 Å². The van der Waals surface area contributed by atoms with Gasteiger partial charge in [0.15, 0.2) is 17.5 Å². The summed E-state index contributed by atoms with van der Waals surface area (Å²) < 4.78 is 118. The Kier molecular flexibility index (Phi) is 18.9. The number of fused-ring (bicyclic) bond motifs is 6. The third kappa shape index (κ3) is 13.7. The maximum atomic E-state index is 14.6. The number of carbonyl (C=O) groups is 3. The van der Waals surface area contributed by atoms with Gasteiger partial charge in [-0.2, -0.15) is 36.5 Å². The summed E-state index contributed by atoms with van der Waals surface area (Å²) in [5, 5.41) is 8.00. The molecule has 97 heavy (non-hydrogen) atoms. The van der Waals surface area contributed by atoms with Gasteiger partial charge in [-0.05, 0) is 162 Å². The fourth-order valence-corrected chi connectivity index (χ4v) is 15.5. The molecule has 9 aromatic rings. The minimum atomic E-state index is -4.49. The van der Waals surface area contributed by atoms with Crippen LogP contribution in [0.1, 0.15) is 129 Å². The van der Waals surface area contributed by atoms with Gasteiger partial charge in [-0.3, -0.25) is 34.3 Å². The van der Waals surface area contributed by atoms with Crippen LogP contribution >= 0.6 is 23.2 Å². The number of para-hydroxylation sites is 1. The first-order valence-corrected chi connectivity index (χ1v) is 32.3. The van der Waals surface area contributed by atoms with E-state index < -0.39 is 35.7 Å². The van der Waals surface area contributed by atoms with E-state index in [1.807, 2.05) is 32.9 Å². The Morgan fingerprint density at radius 3 is 1.46 bits per heavy atom. The SMILES string of the molecule is O=C(c1cccc(F)c1-n1nccn1)N1C2CCC1C(Cc1ccc(C(F)F)cn1)C2.O=C(c1ccccc1-c1ncccn1)N1C2CCC1C(Cc1ncc(C(F)(F)F)cc1Cl)C2.O=C(c1ncccc1-c1ncccn1)N1C2CCC1C(Cc1ncc(C(F)(F)F)cc1Cl)C2. The topological polar surface area (TPSA) is 195 Å². The molecule has 6 aliphatic rings. The summed E-state index contributed by atoms with van der Waals surface area (Å²) in [7, 11) is 0. The molecule has 500 valence electrons. The molecule has 7 aromatic heterocycles. The van der Waals surface area contributed by atoms with E-state index in [0.29, 0.717) is 64.7 Å². The van der Waals surface area contributed by atoms with E-state index >= 15 is 0 Å². The van der Waals surface area contributed by atoms with Crippen molar-refractivity contribution in [2.75, 3.05) is 0 Å². The number of halogens is 11. The molecule has 0 saturated carbocycles. The minimum absolute atomic E-state index is 0.00119. The summed E-state index contributed by atoms with van der Waals surface area (Å²) in [6, 6.07) is 23.7. The van der Waals surface area contributed by atoms with Crippen LogP contribution in [0.5, 0.6) is 0 Å². The third-order valence-corrected chi connectivity index (χ3v) is 19.9. The highest BCUT2D eigenvalue weighted by Crippen LogP contribution is 2.48. The first-order chi connectivity index (χ1) is 46.7. The summed E-state index contributed by atoms with van der Waals surface area (Å²) in [6.45, 7) is 0. The van der Waals surface area contributed by atoms with Crippen LogP contribution in [-0.2, 0) is 31.6 Å². The average molecular weight is 1370 g/mol. The van der Waals surface area contributed by atoms with Gasteiger partial charge in [0.25, 0.3) is 24.1 Å². The van der Waals surface area contributed by atoms with E-state index in [9.17, 15) is 53.9 Å². The lowest BCUT2D eigenvalue weighted by Crippen LogP contribution is -2.37. The van der Waals surface area contributed by atoms with Crippen molar-refractivity contribution < 1.29 is 53.9 Å². The zero-order chi connectivity index (χ0) is 67.9. The summed E-state index contributed by atoms with van der Waals surface area (Å²) in [5.41, 5.74) is 2.14. The van der Waals surface area contributed by atoms with Gasteiger partial charge in [-0.1, -0.05) is 47.5 Å². The smallest absolute Gasteiger partial charge is 0.332 e. The Hall–Kier alpha value is -9.30. The van der Waals surface area contributed by atoms with Crippen LogP contribution < -0.4 is 0 Å². The number of amides is 3. The zero-order valence-corrected chi connectivity index (χ0v) is 52.8.